The summed E-state index contributed by atoms with van der Waals surface area (Å²) in [6, 6.07) is 24.1. The third-order valence-electron chi connectivity index (χ3n) is 6.52. The number of H-pyrrole nitrogens is 2. The lowest BCUT2D eigenvalue weighted by molar-refractivity contribution is 0.795. The largest absolute Gasteiger partial charge is 0.342 e. The fourth-order valence-electron chi connectivity index (χ4n) is 4.69. The molecule has 6 rings (SSSR count). The predicted octanol–water partition coefficient (Wildman–Crippen LogP) is 7.61. The molecule has 4 aromatic carbocycles. The number of hydrogen-bond acceptors (Lipinski definition) is 2. The summed E-state index contributed by atoms with van der Waals surface area (Å²) in [7, 11) is 0. The highest BCUT2D eigenvalue weighted by molar-refractivity contribution is 6.23. The average molecular weight is 431 g/mol. The molecule has 33 heavy (non-hydrogen) atoms. The quantitative estimate of drug-likeness (QED) is 0.283. The summed E-state index contributed by atoms with van der Waals surface area (Å²) >= 11 is 0. The maximum Gasteiger partial charge on any atom is 0.109 e. The van der Waals surface area contributed by atoms with Gasteiger partial charge in [-0.25, -0.2) is 9.97 Å². The third kappa shape index (κ3) is 3.21. The number of hydrogen-bond donors (Lipinski definition) is 2. The summed E-state index contributed by atoms with van der Waals surface area (Å²) in [6.07, 6.45) is 2.82. The van der Waals surface area contributed by atoms with Crippen molar-refractivity contribution in [2.45, 2.75) is 33.1 Å². The van der Waals surface area contributed by atoms with E-state index in [9.17, 15) is 0 Å². The summed E-state index contributed by atoms with van der Waals surface area (Å²) in [4.78, 5) is 16.4. The van der Waals surface area contributed by atoms with Gasteiger partial charge in [0, 0.05) is 23.1 Å². The van der Waals surface area contributed by atoms with Crippen LogP contribution in [0.5, 0.6) is 0 Å². The Morgan fingerprint density at radius 3 is 2.21 bits per heavy atom. The lowest BCUT2D eigenvalue weighted by Crippen LogP contribution is -1.89. The maximum atomic E-state index is 4.88. The molecule has 0 saturated heterocycles. The SMILES string of the molecule is CCc1nc2c3ccccc3c3cc(-c4ccc(-c5cnc(C(C)C)[nH]5)cc4)ccc3c2[nH]1. The van der Waals surface area contributed by atoms with Gasteiger partial charge in [0.25, 0.3) is 0 Å². The number of aryl methyl sites for hydroxylation is 1. The van der Waals surface area contributed by atoms with Crippen molar-refractivity contribution in [2.24, 2.45) is 0 Å². The number of fused-ring (bicyclic) bond motifs is 6. The zero-order chi connectivity index (χ0) is 22.5. The molecule has 0 amide bonds. The van der Waals surface area contributed by atoms with Crippen LogP contribution in [0.25, 0.3) is 55.0 Å². The second kappa shape index (κ2) is 7.59. The van der Waals surface area contributed by atoms with Crippen molar-refractivity contribution in [3.8, 4) is 22.4 Å². The van der Waals surface area contributed by atoms with Gasteiger partial charge < -0.3 is 9.97 Å². The van der Waals surface area contributed by atoms with Gasteiger partial charge in [0.15, 0.2) is 0 Å². The molecule has 4 heteroatoms. The molecule has 0 atom stereocenters. The molecule has 0 saturated carbocycles. The third-order valence-corrected chi connectivity index (χ3v) is 6.52. The van der Waals surface area contributed by atoms with E-state index in [1.165, 1.54) is 32.7 Å². The van der Waals surface area contributed by atoms with Crippen molar-refractivity contribution in [3.63, 3.8) is 0 Å². The van der Waals surface area contributed by atoms with Crippen LogP contribution in [0.15, 0.2) is 72.9 Å². The zero-order valence-corrected chi connectivity index (χ0v) is 19.1. The molecule has 6 aromatic rings. The molecule has 2 heterocycles. The van der Waals surface area contributed by atoms with E-state index in [4.69, 9.17) is 4.98 Å². The topological polar surface area (TPSA) is 57.4 Å². The Morgan fingerprint density at radius 2 is 1.48 bits per heavy atom. The van der Waals surface area contributed by atoms with E-state index < -0.39 is 0 Å². The summed E-state index contributed by atoms with van der Waals surface area (Å²) < 4.78 is 0. The first-order chi connectivity index (χ1) is 16.1. The Labute approximate surface area is 192 Å². The van der Waals surface area contributed by atoms with Crippen molar-refractivity contribution in [3.05, 3.63) is 84.6 Å². The smallest absolute Gasteiger partial charge is 0.109 e. The van der Waals surface area contributed by atoms with Gasteiger partial charge >= 0.3 is 0 Å². The highest BCUT2D eigenvalue weighted by atomic mass is 14.9. The molecule has 0 spiro atoms. The van der Waals surface area contributed by atoms with E-state index in [2.05, 4.69) is 102 Å². The molecular weight excluding hydrogens is 404 g/mol. The molecule has 4 nitrogen and oxygen atoms in total. The highest BCUT2D eigenvalue weighted by Gasteiger charge is 2.13. The summed E-state index contributed by atoms with van der Waals surface area (Å²) in [5, 5.41) is 4.91. The Kier molecular flexibility index (Phi) is 4.54. The van der Waals surface area contributed by atoms with E-state index in [1.54, 1.807) is 0 Å². The van der Waals surface area contributed by atoms with Crippen LogP contribution in [-0.4, -0.2) is 19.9 Å². The molecule has 0 bridgehead atoms. The van der Waals surface area contributed by atoms with Gasteiger partial charge in [0.1, 0.15) is 11.6 Å². The van der Waals surface area contributed by atoms with E-state index >= 15 is 0 Å². The lowest BCUT2D eigenvalue weighted by Gasteiger charge is -2.09. The Morgan fingerprint density at radius 1 is 0.758 bits per heavy atom. The van der Waals surface area contributed by atoms with Crippen molar-refractivity contribution in [1.82, 2.24) is 19.9 Å². The van der Waals surface area contributed by atoms with Gasteiger partial charge in [-0.15, -0.1) is 0 Å². The molecular formula is C29H26N4. The number of aromatic amines is 2. The van der Waals surface area contributed by atoms with Crippen LogP contribution in [0.2, 0.25) is 0 Å². The van der Waals surface area contributed by atoms with Gasteiger partial charge in [-0.1, -0.05) is 81.4 Å². The Hall–Kier alpha value is -3.92. The normalized spacial score (nSPS) is 11.9. The Balaban J connectivity index is 1.48. The lowest BCUT2D eigenvalue weighted by atomic mass is 9.95. The van der Waals surface area contributed by atoms with Gasteiger partial charge in [-0.2, -0.15) is 0 Å². The predicted molar refractivity (Wildman–Crippen MR) is 138 cm³/mol. The number of imidazole rings is 2. The first-order valence-electron chi connectivity index (χ1n) is 11.6. The van der Waals surface area contributed by atoms with Crippen LogP contribution >= 0.6 is 0 Å². The minimum absolute atomic E-state index is 0.389. The van der Waals surface area contributed by atoms with Crippen molar-refractivity contribution in [2.75, 3.05) is 0 Å². The monoisotopic (exact) mass is 430 g/mol. The molecule has 0 fully saturated rings. The first-order valence-corrected chi connectivity index (χ1v) is 11.6. The van der Waals surface area contributed by atoms with Crippen LogP contribution in [-0.2, 0) is 6.42 Å². The fraction of sp³-hybridized carbons (Fsp3) is 0.172. The van der Waals surface area contributed by atoms with Crippen LogP contribution < -0.4 is 0 Å². The Bertz CT molecular complexity index is 1620. The number of benzene rings is 4. The van der Waals surface area contributed by atoms with Gasteiger partial charge in [-0.05, 0) is 33.5 Å². The first kappa shape index (κ1) is 19.7. The number of rotatable bonds is 4. The molecule has 0 aliphatic rings. The van der Waals surface area contributed by atoms with E-state index in [1.807, 2.05) is 6.20 Å². The molecule has 0 radical (unpaired) electrons. The zero-order valence-electron chi connectivity index (χ0n) is 19.1. The maximum absolute atomic E-state index is 4.88. The van der Waals surface area contributed by atoms with Crippen molar-refractivity contribution >= 4 is 32.6 Å². The molecule has 162 valence electrons. The number of nitrogens with one attached hydrogen (secondary N) is 2. The summed E-state index contributed by atoms with van der Waals surface area (Å²) in [5.74, 6) is 2.44. The van der Waals surface area contributed by atoms with E-state index in [0.717, 1.165) is 40.4 Å². The second-order valence-electron chi connectivity index (χ2n) is 8.98. The van der Waals surface area contributed by atoms with Crippen LogP contribution in [0.4, 0.5) is 0 Å². The standard InChI is InChI=1S/C29H26N4/c1-4-26-32-27-22-8-6-5-7-21(22)24-15-20(13-14-23(24)28(27)33-26)18-9-11-19(12-10-18)25-16-30-29(31-25)17(2)3/h5-17H,4H2,1-3H3,(H,30,31)(H,32,33). The molecule has 2 aromatic heterocycles. The molecule has 2 N–H and O–H groups in total. The minimum atomic E-state index is 0.389. The van der Waals surface area contributed by atoms with Crippen LogP contribution in [0.1, 0.15) is 38.3 Å². The van der Waals surface area contributed by atoms with Crippen LogP contribution in [0, 0.1) is 0 Å². The second-order valence-corrected chi connectivity index (χ2v) is 8.98. The van der Waals surface area contributed by atoms with Crippen LogP contribution in [0.3, 0.4) is 0 Å². The molecule has 0 unspecified atom stereocenters. The summed E-state index contributed by atoms with van der Waals surface area (Å²) in [5.41, 5.74) is 6.81. The number of aromatic nitrogens is 4. The molecule has 0 aliphatic heterocycles. The molecule has 0 aliphatic carbocycles. The fourth-order valence-corrected chi connectivity index (χ4v) is 4.69. The average Bonchev–Trinajstić information content (AvgIpc) is 3.52. The summed E-state index contributed by atoms with van der Waals surface area (Å²) in [6.45, 7) is 6.43. The van der Waals surface area contributed by atoms with E-state index in [0.29, 0.717) is 5.92 Å². The van der Waals surface area contributed by atoms with Gasteiger partial charge in [-0.3, -0.25) is 0 Å². The van der Waals surface area contributed by atoms with E-state index in [-0.39, 0.29) is 0 Å². The van der Waals surface area contributed by atoms with Crippen molar-refractivity contribution < 1.29 is 0 Å². The van der Waals surface area contributed by atoms with Gasteiger partial charge in [0.2, 0.25) is 0 Å². The minimum Gasteiger partial charge on any atom is -0.342 e. The van der Waals surface area contributed by atoms with Gasteiger partial charge in [0.05, 0.1) is 22.9 Å². The highest BCUT2D eigenvalue weighted by Crippen LogP contribution is 2.36. The number of nitrogens with zero attached hydrogens (tertiary/aromatic N) is 2. The van der Waals surface area contributed by atoms with Crippen molar-refractivity contribution in [1.29, 1.82) is 0 Å².